The van der Waals surface area contributed by atoms with Crippen LogP contribution in [0.15, 0.2) is 48.2 Å². The maximum Gasteiger partial charge on any atom is 0.294 e. The number of carbonyl (C=O) groups is 1. The van der Waals surface area contributed by atoms with Crippen molar-refractivity contribution in [3.8, 4) is 11.5 Å². The first-order valence-electron chi connectivity index (χ1n) is 8.37. The van der Waals surface area contributed by atoms with Crippen molar-refractivity contribution in [2.24, 2.45) is 5.73 Å². The van der Waals surface area contributed by atoms with E-state index in [1.165, 1.54) is 23.1 Å². The largest absolute Gasteiger partial charge is 0.497 e. The van der Waals surface area contributed by atoms with E-state index in [0.29, 0.717) is 36.7 Å². The van der Waals surface area contributed by atoms with Crippen LogP contribution in [0.3, 0.4) is 0 Å². The van der Waals surface area contributed by atoms with Crippen molar-refractivity contribution in [2.75, 3.05) is 25.1 Å². The van der Waals surface area contributed by atoms with E-state index in [-0.39, 0.29) is 17.4 Å². The fraction of sp³-hybridized carbons (Fsp3) is 0.211. The maximum atomic E-state index is 12.9. The topological polar surface area (TPSA) is 108 Å². The quantitative estimate of drug-likeness (QED) is 0.476. The van der Waals surface area contributed by atoms with E-state index in [1.54, 1.807) is 37.5 Å². The third-order valence-corrected chi connectivity index (χ3v) is 4.12. The lowest BCUT2D eigenvalue weighted by Gasteiger charge is -2.30. The minimum absolute atomic E-state index is 0.106. The minimum Gasteiger partial charge on any atom is -0.497 e. The first-order chi connectivity index (χ1) is 13.0. The normalized spacial score (nSPS) is 14.7. The number of benzene rings is 2. The van der Waals surface area contributed by atoms with Gasteiger partial charge in [-0.05, 0) is 42.8 Å². The van der Waals surface area contributed by atoms with Crippen LogP contribution in [0.1, 0.15) is 12.0 Å². The number of ether oxygens (including phenoxy) is 2. The molecule has 0 bridgehead atoms. The molecule has 2 aromatic rings. The highest BCUT2D eigenvalue weighted by Crippen LogP contribution is 2.38. The zero-order valence-electron chi connectivity index (χ0n) is 14.8. The highest BCUT2D eigenvalue weighted by atomic mass is 16.6. The number of hydrogen-bond donors (Lipinski definition) is 1. The summed E-state index contributed by atoms with van der Waals surface area (Å²) in [6.45, 7) is 0.735. The number of hydrogen-bond acceptors (Lipinski definition) is 6. The Labute approximate surface area is 155 Å². The SMILES string of the molecule is COc1ccc(/C=C2/Oc3ccc([N+](=O)[O-])cc3N(CCCN)C2=O)cc1. The highest BCUT2D eigenvalue weighted by Gasteiger charge is 2.31. The third kappa shape index (κ3) is 3.90. The summed E-state index contributed by atoms with van der Waals surface area (Å²) in [6.07, 6.45) is 2.19. The molecule has 1 heterocycles. The van der Waals surface area contributed by atoms with Gasteiger partial charge < -0.3 is 20.1 Å². The number of methoxy groups -OCH3 is 1. The molecule has 27 heavy (non-hydrogen) atoms. The van der Waals surface area contributed by atoms with Gasteiger partial charge >= 0.3 is 0 Å². The molecular formula is C19H19N3O5. The second-order valence-electron chi connectivity index (χ2n) is 5.89. The van der Waals surface area contributed by atoms with E-state index in [0.717, 1.165) is 5.56 Å². The summed E-state index contributed by atoms with van der Waals surface area (Å²) >= 11 is 0. The molecule has 0 saturated heterocycles. The lowest BCUT2D eigenvalue weighted by molar-refractivity contribution is -0.384. The molecule has 1 aliphatic heterocycles. The lowest BCUT2D eigenvalue weighted by atomic mass is 10.1. The number of nitrogens with two attached hydrogens (primary N) is 1. The molecule has 1 amide bonds. The molecule has 0 fully saturated rings. The Morgan fingerprint density at radius 2 is 2.00 bits per heavy atom. The van der Waals surface area contributed by atoms with Gasteiger partial charge in [0.25, 0.3) is 11.6 Å². The number of anilines is 1. The molecule has 8 heteroatoms. The van der Waals surface area contributed by atoms with Crippen LogP contribution in [-0.2, 0) is 4.79 Å². The number of amides is 1. The molecule has 0 aliphatic carbocycles. The summed E-state index contributed by atoms with van der Waals surface area (Å²) in [6, 6.07) is 11.4. The maximum absolute atomic E-state index is 12.9. The molecule has 0 atom stereocenters. The third-order valence-electron chi connectivity index (χ3n) is 4.12. The van der Waals surface area contributed by atoms with Crippen molar-refractivity contribution in [1.82, 2.24) is 0 Å². The number of rotatable bonds is 6. The summed E-state index contributed by atoms with van der Waals surface area (Å²) in [4.78, 5) is 24.9. The van der Waals surface area contributed by atoms with Gasteiger partial charge in [-0.25, -0.2) is 0 Å². The minimum atomic E-state index is -0.505. The fourth-order valence-electron chi connectivity index (χ4n) is 2.74. The second kappa shape index (κ2) is 7.88. The Hall–Kier alpha value is -3.39. The van der Waals surface area contributed by atoms with Crippen LogP contribution in [0.5, 0.6) is 11.5 Å². The monoisotopic (exact) mass is 369 g/mol. The Kier molecular flexibility index (Phi) is 5.37. The van der Waals surface area contributed by atoms with Crippen LogP contribution < -0.4 is 20.1 Å². The molecule has 0 aromatic heterocycles. The van der Waals surface area contributed by atoms with Gasteiger partial charge in [0.15, 0.2) is 11.5 Å². The predicted octanol–water partition coefficient (Wildman–Crippen LogP) is 2.72. The van der Waals surface area contributed by atoms with Crippen molar-refractivity contribution in [3.05, 3.63) is 63.9 Å². The van der Waals surface area contributed by atoms with Gasteiger partial charge in [0.1, 0.15) is 5.75 Å². The molecule has 2 aromatic carbocycles. The van der Waals surface area contributed by atoms with E-state index in [1.807, 2.05) is 0 Å². The van der Waals surface area contributed by atoms with E-state index in [4.69, 9.17) is 15.2 Å². The smallest absolute Gasteiger partial charge is 0.294 e. The van der Waals surface area contributed by atoms with Gasteiger partial charge in [-0.3, -0.25) is 14.9 Å². The van der Waals surface area contributed by atoms with Crippen molar-refractivity contribution in [3.63, 3.8) is 0 Å². The van der Waals surface area contributed by atoms with E-state index in [2.05, 4.69) is 0 Å². The summed E-state index contributed by atoms with van der Waals surface area (Å²) in [5, 5.41) is 11.1. The number of nitro benzene ring substituents is 1. The molecule has 0 spiro atoms. The second-order valence-corrected chi connectivity index (χ2v) is 5.89. The molecule has 0 unspecified atom stereocenters. The summed E-state index contributed by atoms with van der Waals surface area (Å²) < 4.78 is 10.9. The highest BCUT2D eigenvalue weighted by molar-refractivity contribution is 6.10. The van der Waals surface area contributed by atoms with Crippen LogP contribution in [-0.4, -0.2) is 31.0 Å². The molecule has 2 N–H and O–H groups in total. The van der Waals surface area contributed by atoms with E-state index in [9.17, 15) is 14.9 Å². The zero-order chi connectivity index (χ0) is 19.4. The average molecular weight is 369 g/mol. The zero-order valence-corrected chi connectivity index (χ0v) is 14.8. The molecule has 0 saturated carbocycles. The van der Waals surface area contributed by atoms with Gasteiger partial charge in [0.2, 0.25) is 0 Å². The van der Waals surface area contributed by atoms with Gasteiger partial charge in [0, 0.05) is 18.7 Å². The standard InChI is InChI=1S/C19H19N3O5/c1-26-15-6-3-13(4-7-15)11-18-19(23)21(10-2-9-20)16-12-14(22(24)25)5-8-17(16)27-18/h3-8,11-12H,2,9-10,20H2,1H3/b18-11+. The van der Waals surface area contributed by atoms with Crippen LogP contribution in [0.2, 0.25) is 0 Å². The summed E-state index contributed by atoms with van der Waals surface area (Å²) in [7, 11) is 1.58. The van der Waals surface area contributed by atoms with Crippen molar-refractivity contribution in [1.29, 1.82) is 0 Å². The van der Waals surface area contributed by atoms with Gasteiger partial charge in [-0.2, -0.15) is 0 Å². The summed E-state index contributed by atoms with van der Waals surface area (Å²) in [5.41, 5.74) is 6.60. The van der Waals surface area contributed by atoms with Gasteiger partial charge in [0.05, 0.1) is 17.7 Å². The number of fused-ring (bicyclic) bond motifs is 1. The first-order valence-corrected chi connectivity index (χ1v) is 8.37. The predicted molar refractivity (Wildman–Crippen MR) is 101 cm³/mol. The van der Waals surface area contributed by atoms with Crippen LogP contribution in [0.25, 0.3) is 6.08 Å². The molecule has 8 nitrogen and oxygen atoms in total. The van der Waals surface area contributed by atoms with Crippen LogP contribution in [0, 0.1) is 10.1 Å². The number of nitrogens with zero attached hydrogens (tertiary/aromatic N) is 2. The number of non-ortho nitro benzene ring substituents is 1. The Balaban J connectivity index is 1.99. The van der Waals surface area contributed by atoms with Crippen molar-refractivity contribution >= 4 is 23.4 Å². The van der Waals surface area contributed by atoms with Gasteiger partial charge in [-0.15, -0.1) is 0 Å². The molecule has 3 rings (SSSR count). The molecule has 1 aliphatic rings. The van der Waals surface area contributed by atoms with Gasteiger partial charge in [-0.1, -0.05) is 12.1 Å². The Morgan fingerprint density at radius 3 is 2.63 bits per heavy atom. The van der Waals surface area contributed by atoms with E-state index < -0.39 is 4.92 Å². The first kappa shape index (κ1) is 18.4. The number of carbonyl (C=O) groups excluding carboxylic acids is 1. The average Bonchev–Trinajstić information content (AvgIpc) is 2.68. The lowest BCUT2D eigenvalue weighted by Crippen LogP contribution is -2.38. The summed E-state index contributed by atoms with van der Waals surface area (Å²) in [5.74, 6) is 0.859. The van der Waals surface area contributed by atoms with E-state index >= 15 is 0 Å². The van der Waals surface area contributed by atoms with Crippen molar-refractivity contribution < 1.29 is 19.2 Å². The molecule has 140 valence electrons. The Bertz CT molecular complexity index is 893. The number of nitro groups is 1. The molecular weight excluding hydrogens is 350 g/mol. The van der Waals surface area contributed by atoms with Crippen molar-refractivity contribution in [2.45, 2.75) is 6.42 Å². The van der Waals surface area contributed by atoms with Crippen LogP contribution >= 0.6 is 0 Å². The molecule has 0 radical (unpaired) electrons. The Morgan fingerprint density at radius 1 is 1.26 bits per heavy atom. The van der Waals surface area contributed by atoms with Crippen LogP contribution in [0.4, 0.5) is 11.4 Å². The fourth-order valence-corrected chi connectivity index (χ4v) is 2.74.